The number of amides is 1. The second-order valence-electron chi connectivity index (χ2n) is 7.72. The third kappa shape index (κ3) is 6.50. The third-order valence-electron chi connectivity index (χ3n) is 5.27. The zero-order valence-electron chi connectivity index (χ0n) is 17.5. The van der Waals surface area contributed by atoms with E-state index in [1.54, 1.807) is 12.1 Å². The van der Waals surface area contributed by atoms with Gasteiger partial charge in [0.15, 0.2) is 5.11 Å². The second kappa shape index (κ2) is 10.5. The lowest BCUT2D eigenvalue weighted by Crippen LogP contribution is -2.42. The van der Waals surface area contributed by atoms with Gasteiger partial charge in [0, 0.05) is 45.3 Å². The van der Waals surface area contributed by atoms with Gasteiger partial charge in [-0.15, -0.1) is 0 Å². The second-order valence-corrected chi connectivity index (χ2v) is 8.10. The summed E-state index contributed by atoms with van der Waals surface area (Å²) in [6, 6.07) is 14.6. The minimum absolute atomic E-state index is 0.0274. The summed E-state index contributed by atoms with van der Waals surface area (Å²) in [4.78, 5) is 15.8. The van der Waals surface area contributed by atoms with Gasteiger partial charge in [-0.05, 0) is 61.0 Å². The summed E-state index contributed by atoms with van der Waals surface area (Å²) in [5, 5.41) is 6.92. The molecular formula is C23H29FN4OS. The molecule has 0 radical (unpaired) electrons. The molecule has 0 spiro atoms. The molecule has 30 heavy (non-hydrogen) atoms. The Bertz CT molecular complexity index is 857. The Labute approximate surface area is 183 Å². The van der Waals surface area contributed by atoms with Crippen molar-refractivity contribution in [2.75, 3.05) is 31.5 Å². The number of carbonyl (C=O) groups is 1. The van der Waals surface area contributed by atoms with Crippen LogP contribution in [-0.4, -0.2) is 47.0 Å². The molecular weight excluding hydrogens is 399 g/mol. The van der Waals surface area contributed by atoms with E-state index in [0.717, 1.165) is 55.5 Å². The molecule has 0 aliphatic carbocycles. The number of anilines is 1. The first-order chi connectivity index (χ1) is 14.4. The smallest absolute Gasteiger partial charge is 0.221 e. The van der Waals surface area contributed by atoms with Gasteiger partial charge >= 0.3 is 0 Å². The minimum atomic E-state index is -0.231. The fourth-order valence-electron chi connectivity index (χ4n) is 3.60. The summed E-state index contributed by atoms with van der Waals surface area (Å²) in [5.74, 6) is -0.292. The van der Waals surface area contributed by atoms with Crippen molar-refractivity contribution in [2.45, 2.75) is 32.9 Å². The molecule has 1 unspecified atom stereocenters. The van der Waals surface area contributed by atoms with E-state index in [-0.39, 0.29) is 17.8 Å². The number of carbonyl (C=O) groups excluding carboxylic acids is 1. The monoisotopic (exact) mass is 428 g/mol. The highest BCUT2D eigenvalue weighted by molar-refractivity contribution is 7.80. The average Bonchev–Trinajstić information content (AvgIpc) is 2.95. The molecule has 1 aliphatic rings. The van der Waals surface area contributed by atoms with Crippen molar-refractivity contribution in [3.8, 4) is 0 Å². The van der Waals surface area contributed by atoms with Crippen LogP contribution >= 0.6 is 12.2 Å². The lowest BCUT2D eigenvalue weighted by Gasteiger charge is -2.27. The van der Waals surface area contributed by atoms with Crippen LogP contribution in [0.25, 0.3) is 0 Å². The zero-order chi connectivity index (χ0) is 21.5. The molecule has 5 nitrogen and oxygen atoms in total. The van der Waals surface area contributed by atoms with E-state index in [1.165, 1.54) is 24.6 Å². The van der Waals surface area contributed by atoms with E-state index in [2.05, 4.69) is 32.6 Å². The molecule has 160 valence electrons. The molecule has 1 heterocycles. The van der Waals surface area contributed by atoms with Gasteiger partial charge in [-0.2, -0.15) is 0 Å². The number of thiocarbonyl (C=S) groups is 1. The summed E-state index contributed by atoms with van der Waals surface area (Å²) in [6.45, 7) is 8.15. The Morgan fingerprint density at radius 3 is 2.43 bits per heavy atom. The molecule has 7 heteroatoms. The number of benzene rings is 2. The highest BCUT2D eigenvalue weighted by Crippen LogP contribution is 2.16. The molecule has 1 fully saturated rings. The standard InChI is InChI=1S/C23H29FN4OS/c1-17(20-6-8-21(24)9-7-20)25-23(30)28-13-3-12-27(14-15-28)16-19-4-10-22(11-5-19)26-18(2)29/h4-11,17H,3,12-16H2,1-2H3,(H,25,30)(H,26,29). The first-order valence-electron chi connectivity index (χ1n) is 10.3. The maximum Gasteiger partial charge on any atom is 0.221 e. The average molecular weight is 429 g/mol. The van der Waals surface area contributed by atoms with Crippen molar-refractivity contribution in [2.24, 2.45) is 0 Å². The number of hydrogen-bond acceptors (Lipinski definition) is 3. The number of halogens is 1. The minimum Gasteiger partial charge on any atom is -0.356 e. The number of hydrogen-bond donors (Lipinski definition) is 2. The quantitative estimate of drug-likeness (QED) is 0.707. The Hall–Kier alpha value is -2.51. The predicted molar refractivity (Wildman–Crippen MR) is 123 cm³/mol. The van der Waals surface area contributed by atoms with Crippen molar-refractivity contribution < 1.29 is 9.18 Å². The zero-order valence-corrected chi connectivity index (χ0v) is 18.3. The van der Waals surface area contributed by atoms with Crippen LogP contribution in [0.4, 0.5) is 10.1 Å². The van der Waals surface area contributed by atoms with Gasteiger partial charge in [-0.3, -0.25) is 9.69 Å². The Balaban J connectivity index is 1.49. The molecule has 2 aromatic rings. The lowest BCUT2D eigenvalue weighted by molar-refractivity contribution is -0.114. The molecule has 0 aromatic heterocycles. The SMILES string of the molecule is CC(=O)Nc1ccc(CN2CCCN(C(=S)NC(C)c3ccc(F)cc3)CC2)cc1. The van der Waals surface area contributed by atoms with E-state index < -0.39 is 0 Å². The predicted octanol–water partition coefficient (Wildman–Crippen LogP) is 3.93. The van der Waals surface area contributed by atoms with Gasteiger partial charge in [0.05, 0.1) is 6.04 Å². The van der Waals surface area contributed by atoms with Crippen LogP contribution < -0.4 is 10.6 Å². The van der Waals surface area contributed by atoms with Crippen molar-refractivity contribution in [3.63, 3.8) is 0 Å². The Morgan fingerprint density at radius 1 is 1.07 bits per heavy atom. The lowest BCUT2D eigenvalue weighted by atomic mass is 10.1. The molecule has 2 N–H and O–H groups in total. The molecule has 0 saturated carbocycles. The van der Waals surface area contributed by atoms with Gasteiger partial charge in [-0.1, -0.05) is 24.3 Å². The van der Waals surface area contributed by atoms with Crippen LogP contribution in [0.5, 0.6) is 0 Å². The fourth-order valence-corrected chi connectivity index (χ4v) is 3.96. The van der Waals surface area contributed by atoms with Gasteiger partial charge in [0.2, 0.25) is 5.91 Å². The highest BCUT2D eigenvalue weighted by Gasteiger charge is 2.18. The van der Waals surface area contributed by atoms with Gasteiger partial charge in [0.25, 0.3) is 0 Å². The number of nitrogens with zero attached hydrogens (tertiary/aromatic N) is 2. The molecule has 2 aromatic carbocycles. The first-order valence-corrected chi connectivity index (χ1v) is 10.7. The summed E-state index contributed by atoms with van der Waals surface area (Å²) >= 11 is 5.64. The molecule has 1 saturated heterocycles. The Kier molecular flexibility index (Phi) is 7.76. The molecule has 3 rings (SSSR count). The van der Waals surface area contributed by atoms with Gasteiger partial charge < -0.3 is 15.5 Å². The van der Waals surface area contributed by atoms with Crippen LogP contribution in [0.15, 0.2) is 48.5 Å². The summed E-state index contributed by atoms with van der Waals surface area (Å²) in [7, 11) is 0. The normalized spacial score (nSPS) is 15.9. The summed E-state index contributed by atoms with van der Waals surface area (Å²) in [5.41, 5.74) is 3.06. The van der Waals surface area contributed by atoms with Gasteiger partial charge in [-0.25, -0.2) is 4.39 Å². The molecule has 0 bridgehead atoms. The summed E-state index contributed by atoms with van der Waals surface area (Å²) in [6.07, 6.45) is 1.04. The molecule has 1 atom stereocenters. The van der Waals surface area contributed by atoms with Crippen molar-refractivity contribution in [1.29, 1.82) is 0 Å². The van der Waals surface area contributed by atoms with Crippen LogP contribution in [-0.2, 0) is 11.3 Å². The van der Waals surface area contributed by atoms with Crippen molar-refractivity contribution >= 4 is 28.9 Å². The number of rotatable bonds is 5. The molecule has 1 aliphatic heterocycles. The molecule has 1 amide bonds. The Morgan fingerprint density at radius 2 is 1.77 bits per heavy atom. The van der Waals surface area contributed by atoms with Crippen molar-refractivity contribution in [3.05, 3.63) is 65.5 Å². The van der Waals surface area contributed by atoms with E-state index in [9.17, 15) is 9.18 Å². The summed E-state index contributed by atoms with van der Waals surface area (Å²) < 4.78 is 13.1. The van der Waals surface area contributed by atoms with Crippen molar-refractivity contribution in [1.82, 2.24) is 15.1 Å². The van der Waals surface area contributed by atoms with Crippen LogP contribution in [0.3, 0.4) is 0 Å². The maximum atomic E-state index is 13.1. The first kappa shape index (κ1) is 22.2. The van der Waals surface area contributed by atoms with E-state index >= 15 is 0 Å². The highest BCUT2D eigenvalue weighted by atomic mass is 32.1. The largest absolute Gasteiger partial charge is 0.356 e. The van der Waals surface area contributed by atoms with Gasteiger partial charge in [0.1, 0.15) is 5.82 Å². The number of nitrogens with one attached hydrogen (secondary N) is 2. The maximum absolute atomic E-state index is 13.1. The van der Waals surface area contributed by atoms with Crippen LogP contribution in [0, 0.1) is 5.82 Å². The van der Waals surface area contributed by atoms with E-state index in [4.69, 9.17) is 12.2 Å². The van der Waals surface area contributed by atoms with E-state index in [1.807, 2.05) is 19.1 Å². The topological polar surface area (TPSA) is 47.6 Å². The van der Waals surface area contributed by atoms with E-state index in [0.29, 0.717) is 0 Å². The van der Waals surface area contributed by atoms with Crippen LogP contribution in [0.2, 0.25) is 0 Å². The van der Waals surface area contributed by atoms with Crippen LogP contribution in [0.1, 0.15) is 37.4 Å². The fraction of sp³-hybridized carbons (Fsp3) is 0.391. The third-order valence-corrected chi connectivity index (χ3v) is 5.64.